The van der Waals surface area contributed by atoms with Gasteiger partial charge in [0.05, 0.1) is 16.5 Å². The average molecular weight is 489 g/mol. The zero-order chi connectivity index (χ0) is 23.8. The van der Waals surface area contributed by atoms with Crippen molar-refractivity contribution in [2.45, 2.75) is 25.2 Å². The number of rotatable bonds is 10. The van der Waals surface area contributed by atoms with Crippen LogP contribution in [0, 0.1) is 0 Å². The minimum absolute atomic E-state index is 0.0331. The van der Waals surface area contributed by atoms with Crippen molar-refractivity contribution in [3.05, 3.63) is 77.3 Å². The second kappa shape index (κ2) is 11.1. The van der Waals surface area contributed by atoms with Gasteiger partial charge in [0.1, 0.15) is 11.5 Å². The van der Waals surface area contributed by atoms with Gasteiger partial charge in [-0.15, -0.1) is 0 Å². The zero-order valence-electron chi connectivity index (χ0n) is 18.3. The van der Waals surface area contributed by atoms with E-state index < -0.39 is 10.0 Å². The molecule has 7 nitrogen and oxygen atoms in total. The molecule has 0 fully saturated rings. The molecule has 2 N–H and O–H groups in total. The number of hydrogen-bond acceptors (Lipinski definition) is 5. The summed E-state index contributed by atoms with van der Waals surface area (Å²) in [4.78, 5) is 12.1. The van der Waals surface area contributed by atoms with Crippen LogP contribution in [0.25, 0.3) is 0 Å². The lowest BCUT2D eigenvalue weighted by atomic mass is 10.1. The number of sulfonamides is 1. The molecule has 0 unspecified atom stereocenters. The van der Waals surface area contributed by atoms with Gasteiger partial charge >= 0.3 is 0 Å². The Kier molecular flexibility index (Phi) is 8.19. The lowest BCUT2D eigenvalue weighted by Crippen LogP contribution is -2.20. The topological polar surface area (TPSA) is 93.7 Å². The summed E-state index contributed by atoms with van der Waals surface area (Å²) in [5.41, 5.74) is 2.22. The van der Waals surface area contributed by atoms with E-state index in [0.29, 0.717) is 23.7 Å². The second-order valence-electron chi connectivity index (χ2n) is 7.04. The number of ether oxygens (including phenoxy) is 2. The second-order valence-corrected chi connectivity index (χ2v) is 9.13. The summed E-state index contributed by atoms with van der Waals surface area (Å²) in [7, 11) is -3.87. The highest BCUT2D eigenvalue weighted by Crippen LogP contribution is 2.28. The van der Waals surface area contributed by atoms with Gasteiger partial charge in [-0.25, -0.2) is 8.42 Å². The summed E-state index contributed by atoms with van der Waals surface area (Å²) >= 11 is 6.21. The standard InChI is InChI=1S/C24H25ClN2O5S/c1-3-17-5-7-18(8-6-17)26-24(28)16-32-23-14-13-21(15-22(23)25)33(29,30)27-19-9-11-20(12-10-19)31-4-2/h5-15,27H,3-4,16H2,1-2H3,(H,26,28). The van der Waals surface area contributed by atoms with Crippen LogP contribution in [0.1, 0.15) is 19.4 Å². The molecule has 0 aliphatic heterocycles. The van der Waals surface area contributed by atoms with Gasteiger partial charge in [0.15, 0.2) is 6.61 Å². The molecule has 3 rings (SSSR count). The molecule has 33 heavy (non-hydrogen) atoms. The van der Waals surface area contributed by atoms with Crippen molar-refractivity contribution in [1.82, 2.24) is 0 Å². The lowest BCUT2D eigenvalue weighted by Gasteiger charge is -2.12. The zero-order valence-corrected chi connectivity index (χ0v) is 19.9. The van der Waals surface area contributed by atoms with E-state index in [1.807, 2.05) is 31.2 Å². The van der Waals surface area contributed by atoms with Crippen LogP contribution in [-0.4, -0.2) is 27.5 Å². The molecule has 0 heterocycles. The number of aryl methyl sites for hydroxylation is 1. The normalized spacial score (nSPS) is 11.0. The van der Waals surface area contributed by atoms with Crippen LogP contribution in [-0.2, 0) is 21.2 Å². The molecule has 0 bridgehead atoms. The molecule has 3 aromatic carbocycles. The van der Waals surface area contributed by atoms with Crippen LogP contribution < -0.4 is 19.5 Å². The third-order valence-corrected chi connectivity index (χ3v) is 6.31. The molecular weight excluding hydrogens is 464 g/mol. The van der Waals surface area contributed by atoms with Gasteiger partial charge in [-0.2, -0.15) is 0 Å². The molecule has 0 saturated heterocycles. The number of carbonyl (C=O) groups is 1. The highest BCUT2D eigenvalue weighted by Gasteiger charge is 2.17. The Morgan fingerprint density at radius 1 is 0.909 bits per heavy atom. The molecule has 9 heteroatoms. The molecule has 0 saturated carbocycles. The molecular formula is C24H25ClN2O5S. The van der Waals surface area contributed by atoms with E-state index in [2.05, 4.69) is 17.0 Å². The maximum absolute atomic E-state index is 12.7. The summed E-state index contributed by atoms with van der Waals surface area (Å²) in [5, 5.41) is 2.81. The number of hydrogen-bond donors (Lipinski definition) is 2. The van der Waals surface area contributed by atoms with E-state index in [1.54, 1.807) is 24.3 Å². The maximum Gasteiger partial charge on any atom is 0.262 e. The fourth-order valence-corrected chi connectivity index (χ4v) is 4.31. The van der Waals surface area contributed by atoms with Gasteiger partial charge in [0, 0.05) is 11.4 Å². The minimum atomic E-state index is -3.87. The van der Waals surface area contributed by atoms with Crippen LogP contribution in [0.4, 0.5) is 11.4 Å². The summed E-state index contributed by atoms with van der Waals surface area (Å²) in [6.45, 7) is 4.17. The average Bonchev–Trinajstić information content (AvgIpc) is 2.80. The predicted octanol–water partition coefficient (Wildman–Crippen LogP) is 5.12. The Bertz CT molecular complexity index is 1200. The minimum Gasteiger partial charge on any atom is -0.494 e. The highest BCUT2D eigenvalue weighted by atomic mass is 35.5. The van der Waals surface area contributed by atoms with Crippen molar-refractivity contribution < 1.29 is 22.7 Å². The summed E-state index contributed by atoms with van der Waals surface area (Å²) < 4.78 is 38.7. The molecule has 0 aromatic heterocycles. The van der Waals surface area contributed by atoms with Crippen LogP contribution in [0.15, 0.2) is 71.6 Å². The van der Waals surface area contributed by atoms with E-state index in [4.69, 9.17) is 21.1 Å². The van der Waals surface area contributed by atoms with E-state index >= 15 is 0 Å². The van der Waals surface area contributed by atoms with E-state index in [9.17, 15) is 13.2 Å². The Morgan fingerprint density at radius 2 is 1.58 bits per heavy atom. The van der Waals surface area contributed by atoms with Gasteiger partial charge in [0.2, 0.25) is 0 Å². The van der Waals surface area contributed by atoms with Crippen molar-refractivity contribution in [3.8, 4) is 11.5 Å². The maximum atomic E-state index is 12.7. The van der Waals surface area contributed by atoms with Gasteiger partial charge in [-0.1, -0.05) is 30.7 Å². The molecule has 1 amide bonds. The van der Waals surface area contributed by atoms with Crippen LogP contribution in [0.2, 0.25) is 5.02 Å². The van der Waals surface area contributed by atoms with Crippen molar-refractivity contribution in [2.24, 2.45) is 0 Å². The third-order valence-electron chi connectivity index (χ3n) is 4.64. The Labute approximate surface area is 198 Å². The molecule has 0 radical (unpaired) electrons. The molecule has 174 valence electrons. The first-order valence-corrected chi connectivity index (χ1v) is 12.2. The highest BCUT2D eigenvalue weighted by molar-refractivity contribution is 7.92. The van der Waals surface area contributed by atoms with Gasteiger partial charge in [-0.3, -0.25) is 9.52 Å². The first kappa shape index (κ1) is 24.4. The predicted molar refractivity (Wildman–Crippen MR) is 130 cm³/mol. The van der Waals surface area contributed by atoms with Crippen LogP contribution in [0.3, 0.4) is 0 Å². The lowest BCUT2D eigenvalue weighted by molar-refractivity contribution is -0.118. The number of carbonyl (C=O) groups excluding carboxylic acids is 1. The Hall–Kier alpha value is -3.23. The van der Waals surface area contributed by atoms with Gasteiger partial charge in [-0.05, 0) is 73.5 Å². The molecule has 0 aliphatic rings. The van der Waals surface area contributed by atoms with Gasteiger partial charge < -0.3 is 14.8 Å². The number of halogens is 1. The fourth-order valence-electron chi connectivity index (χ4n) is 2.93. The SMILES string of the molecule is CCOc1ccc(NS(=O)(=O)c2ccc(OCC(=O)Nc3ccc(CC)cc3)c(Cl)c2)cc1. The van der Waals surface area contributed by atoms with Crippen LogP contribution in [0.5, 0.6) is 11.5 Å². The van der Waals surface area contributed by atoms with Crippen molar-refractivity contribution in [1.29, 1.82) is 0 Å². The van der Waals surface area contributed by atoms with Crippen molar-refractivity contribution in [2.75, 3.05) is 23.3 Å². The Balaban J connectivity index is 1.60. The quantitative estimate of drug-likeness (QED) is 0.413. The number of anilines is 2. The first-order valence-electron chi connectivity index (χ1n) is 10.4. The van der Waals surface area contributed by atoms with Gasteiger partial charge in [0.25, 0.3) is 15.9 Å². The van der Waals surface area contributed by atoms with Crippen LogP contribution >= 0.6 is 11.6 Å². The molecule has 0 aliphatic carbocycles. The number of nitrogens with one attached hydrogen (secondary N) is 2. The largest absolute Gasteiger partial charge is 0.494 e. The summed E-state index contributed by atoms with van der Waals surface area (Å²) in [6, 6.07) is 18.1. The first-order chi connectivity index (χ1) is 15.8. The smallest absolute Gasteiger partial charge is 0.262 e. The third kappa shape index (κ3) is 6.87. The number of benzene rings is 3. The summed E-state index contributed by atoms with van der Waals surface area (Å²) in [5.74, 6) is 0.490. The van der Waals surface area contributed by atoms with E-state index in [1.165, 1.54) is 23.8 Å². The fraction of sp³-hybridized carbons (Fsp3) is 0.208. The molecule has 3 aromatic rings. The monoisotopic (exact) mass is 488 g/mol. The number of amides is 1. The van der Waals surface area contributed by atoms with E-state index in [-0.39, 0.29) is 28.2 Å². The molecule has 0 spiro atoms. The van der Waals surface area contributed by atoms with E-state index in [0.717, 1.165) is 6.42 Å². The molecule has 0 atom stereocenters. The Morgan fingerprint density at radius 3 is 2.18 bits per heavy atom. The summed E-state index contributed by atoms with van der Waals surface area (Å²) in [6.07, 6.45) is 0.914. The van der Waals surface area contributed by atoms with Crippen molar-refractivity contribution >= 4 is 38.9 Å². The van der Waals surface area contributed by atoms with Crippen molar-refractivity contribution in [3.63, 3.8) is 0 Å².